The number of methoxy groups -OCH3 is 2. The number of esters is 1. The maximum absolute atomic E-state index is 11.7. The average Bonchev–Trinajstić information content (AvgIpc) is 3.01. The fraction of sp³-hybridized carbons (Fsp3) is 0.167. The van der Waals surface area contributed by atoms with Crippen molar-refractivity contribution in [3.05, 3.63) is 65.4 Å². The highest BCUT2D eigenvalue weighted by Crippen LogP contribution is 2.22. The Hall–Kier alpha value is -2.75. The molecule has 1 N–H and O–H groups in total. The molecule has 112 valence electrons. The van der Waals surface area contributed by atoms with E-state index in [0.29, 0.717) is 11.3 Å². The van der Waals surface area contributed by atoms with E-state index >= 15 is 0 Å². The summed E-state index contributed by atoms with van der Waals surface area (Å²) in [7, 11) is 2.96. The lowest BCUT2D eigenvalue weighted by Gasteiger charge is -2.08. The minimum Gasteiger partial charge on any atom is -0.497 e. The molecule has 1 heterocycles. The second kappa shape index (κ2) is 5.93. The summed E-state index contributed by atoms with van der Waals surface area (Å²) in [5.41, 5.74) is 3.77. The van der Waals surface area contributed by atoms with Crippen LogP contribution in [0.5, 0.6) is 5.75 Å². The van der Waals surface area contributed by atoms with Crippen molar-refractivity contribution in [3.8, 4) is 5.75 Å². The van der Waals surface area contributed by atoms with E-state index in [4.69, 9.17) is 9.47 Å². The van der Waals surface area contributed by atoms with Gasteiger partial charge in [0.25, 0.3) is 0 Å². The topological polar surface area (TPSA) is 51.3 Å². The fourth-order valence-corrected chi connectivity index (χ4v) is 2.56. The molecule has 0 bridgehead atoms. The summed E-state index contributed by atoms with van der Waals surface area (Å²) in [4.78, 5) is 15.0. The van der Waals surface area contributed by atoms with Gasteiger partial charge < -0.3 is 14.5 Å². The first kappa shape index (κ1) is 14.2. The number of carbonyl (C=O) groups excluding carboxylic acids is 1. The average molecular weight is 295 g/mol. The number of ether oxygens (including phenoxy) is 2. The Morgan fingerprint density at radius 2 is 1.91 bits per heavy atom. The quantitative estimate of drug-likeness (QED) is 0.749. The third-order valence-corrected chi connectivity index (χ3v) is 3.65. The van der Waals surface area contributed by atoms with Gasteiger partial charge >= 0.3 is 5.97 Å². The van der Waals surface area contributed by atoms with Gasteiger partial charge in [0.15, 0.2) is 0 Å². The van der Waals surface area contributed by atoms with Crippen LogP contribution in [0.25, 0.3) is 10.9 Å². The molecule has 0 atom stereocenters. The number of rotatable bonds is 4. The van der Waals surface area contributed by atoms with Crippen LogP contribution in [-0.4, -0.2) is 25.2 Å². The van der Waals surface area contributed by atoms with Crippen LogP contribution in [0.3, 0.4) is 0 Å². The van der Waals surface area contributed by atoms with Crippen molar-refractivity contribution in [2.75, 3.05) is 14.2 Å². The molecule has 3 rings (SSSR count). The summed E-state index contributed by atoms with van der Waals surface area (Å²) in [5, 5.41) is 1.18. The van der Waals surface area contributed by atoms with Crippen LogP contribution in [0, 0.1) is 0 Å². The molecule has 4 nitrogen and oxygen atoms in total. The molecule has 0 aliphatic rings. The first-order chi connectivity index (χ1) is 10.7. The van der Waals surface area contributed by atoms with Gasteiger partial charge in [0.05, 0.1) is 19.8 Å². The summed E-state index contributed by atoms with van der Waals surface area (Å²) in [6, 6.07) is 13.8. The van der Waals surface area contributed by atoms with Crippen molar-refractivity contribution in [2.45, 2.75) is 6.42 Å². The standard InChI is InChI=1S/C18H17NO3/c1-21-16-9-13(8-15(11-16)18(20)22-2)7-12-3-4-14-5-6-19-17(14)10-12/h3-6,8-11,19H,7H2,1-2H3. The van der Waals surface area contributed by atoms with Crippen molar-refractivity contribution in [3.63, 3.8) is 0 Å². The number of carbonyl (C=O) groups is 1. The Morgan fingerprint density at radius 1 is 1.05 bits per heavy atom. The monoisotopic (exact) mass is 295 g/mol. The summed E-state index contributed by atoms with van der Waals surface area (Å²) in [5.74, 6) is 0.291. The van der Waals surface area contributed by atoms with Crippen LogP contribution in [-0.2, 0) is 11.2 Å². The summed E-state index contributed by atoms with van der Waals surface area (Å²) in [6.45, 7) is 0. The van der Waals surface area contributed by atoms with E-state index in [1.165, 1.54) is 18.1 Å². The molecule has 0 amide bonds. The SMILES string of the molecule is COC(=O)c1cc(Cc2ccc3cc[nH]c3c2)cc(OC)c1. The number of fused-ring (bicyclic) bond motifs is 1. The van der Waals surface area contributed by atoms with Gasteiger partial charge in [-0.1, -0.05) is 12.1 Å². The molecule has 0 radical (unpaired) electrons. The Bertz CT molecular complexity index is 820. The number of benzene rings is 2. The van der Waals surface area contributed by atoms with Crippen LogP contribution in [0.4, 0.5) is 0 Å². The third kappa shape index (κ3) is 2.81. The molecule has 0 spiro atoms. The second-order valence-corrected chi connectivity index (χ2v) is 5.14. The van der Waals surface area contributed by atoms with Crippen LogP contribution < -0.4 is 4.74 Å². The Balaban J connectivity index is 1.94. The number of hydrogen-bond donors (Lipinski definition) is 1. The lowest BCUT2D eigenvalue weighted by atomic mass is 10.0. The van der Waals surface area contributed by atoms with E-state index in [2.05, 4.69) is 23.2 Å². The van der Waals surface area contributed by atoms with Gasteiger partial charge in [0, 0.05) is 11.7 Å². The number of aromatic amines is 1. The minimum absolute atomic E-state index is 0.361. The molecule has 1 aromatic heterocycles. The van der Waals surface area contributed by atoms with Gasteiger partial charge in [0.1, 0.15) is 5.75 Å². The van der Waals surface area contributed by atoms with Crippen LogP contribution in [0.15, 0.2) is 48.7 Å². The molecule has 3 aromatic rings. The summed E-state index contributed by atoms with van der Waals surface area (Å²) >= 11 is 0. The third-order valence-electron chi connectivity index (χ3n) is 3.65. The van der Waals surface area contributed by atoms with Gasteiger partial charge in [-0.2, -0.15) is 0 Å². The van der Waals surface area contributed by atoms with Gasteiger partial charge in [-0.15, -0.1) is 0 Å². The number of aromatic nitrogens is 1. The second-order valence-electron chi connectivity index (χ2n) is 5.14. The zero-order valence-corrected chi connectivity index (χ0v) is 12.6. The predicted molar refractivity (Wildman–Crippen MR) is 85.4 cm³/mol. The molecular weight excluding hydrogens is 278 g/mol. The first-order valence-corrected chi connectivity index (χ1v) is 7.02. The zero-order chi connectivity index (χ0) is 15.5. The maximum Gasteiger partial charge on any atom is 0.337 e. The zero-order valence-electron chi connectivity index (χ0n) is 12.6. The number of H-pyrrole nitrogens is 1. The normalized spacial score (nSPS) is 10.6. The van der Waals surface area contributed by atoms with Gasteiger partial charge in [-0.25, -0.2) is 4.79 Å². The fourth-order valence-electron chi connectivity index (χ4n) is 2.56. The van der Waals surface area contributed by atoms with E-state index in [0.717, 1.165) is 17.5 Å². The van der Waals surface area contributed by atoms with Crippen LogP contribution in [0.1, 0.15) is 21.5 Å². The van der Waals surface area contributed by atoms with E-state index in [-0.39, 0.29) is 5.97 Å². The Morgan fingerprint density at radius 3 is 2.68 bits per heavy atom. The molecule has 0 aliphatic carbocycles. The van der Waals surface area contributed by atoms with Crippen molar-refractivity contribution in [1.82, 2.24) is 4.98 Å². The molecule has 4 heteroatoms. The molecule has 0 saturated heterocycles. The lowest BCUT2D eigenvalue weighted by molar-refractivity contribution is 0.0600. The van der Waals surface area contributed by atoms with Gasteiger partial charge in [0.2, 0.25) is 0 Å². The van der Waals surface area contributed by atoms with Gasteiger partial charge in [-0.3, -0.25) is 0 Å². The van der Waals surface area contributed by atoms with Crippen molar-refractivity contribution in [2.24, 2.45) is 0 Å². The van der Waals surface area contributed by atoms with Crippen LogP contribution >= 0.6 is 0 Å². The van der Waals surface area contributed by atoms with E-state index < -0.39 is 0 Å². The van der Waals surface area contributed by atoms with Crippen molar-refractivity contribution in [1.29, 1.82) is 0 Å². The number of hydrogen-bond acceptors (Lipinski definition) is 3. The molecule has 0 saturated carbocycles. The van der Waals surface area contributed by atoms with E-state index in [9.17, 15) is 4.79 Å². The number of nitrogens with one attached hydrogen (secondary N) is 1. The molecule has 22 heavy (non-hydrogen) atoms. The smallest absolute Gasteiger partial charge is 0.337 e. The Kier molecular flexibility index (Phi) is 3.83. The molecule has 0 unspecified atom stereocenters. The van der Waals surface area contributed by atoms with Crippen molar-refractivity contribution < 1.29 is 14.3 Å². The Labute approximate surface area is 128 Å². The van der Waals surface area contributed by atoms with Gasteiger partial charge in [-0.05, 0) is 53.3 Å². The largest absolute Gasteiger partial charge is 0.497 e. The molecular formula is C18H17NO3. The molecule has 0 aliphatic heterocycles. The lowest BCUT2D eigenvalue weighted by Crippen LogP contribution is -2.03. The predicted octanol–water partition coefficient (Wildman–Crippen LogP) is 3.55. The van der Waals surface area contributed by atoms with Crippen LogP contribution in [0.2, 0.25) is 0 Å². The maximum atomic E-state index is 11.7. The van der Waals surface area contributed by atoms with E-state index in [1.807, 2.05) is 24.4 Å². The highest BCUT2D eigenvalue weighted by atomic mass is 16.5. The summed E-state index contributed by atoms with van der Waals surface area (Å²) < 4.78 is 10.1. The highest BCUT2D eigenvalue weighted by molar-refractivity contribution is 5.90. The molecule has 0 fully saturated rings. The first-order valence-electron chi connectivity index (χ1n) is 7.02. The van der Waals surface area contributed by atoms with E-state index in [1.54, 1.807) is 13.2 Å². The van der Waals surface area contributed by atoms with Crippen molar-refractivity contribution >= 4 is 16.9 Å². The molecule has 2 aromatic carbocycles. The highest BCUT2D eigenvalue weighted by Gasteiger charge is 2.10. The summed E-state index contributed by atoms with van der Waals surface area (Å²) in [6.07, 6.45) is 2.64. The minimum atomic E-state index is -0.361.